The molecule has 212 valence electrons. The molecule has 5 atom stereocenters. The van der Waals surface area contributed by atoms with Gasteiger partial charge in [-0.3, -0.25) is 4.57 Å². The molecule has 1 fully saturated rings. The Balaban J connectivity index is 1.27. The van der Waals surface area contributed by atoms with Crippen molar-refractivity contribution in [1.29, 1.82) is 0 Å². The number of aliphatic hydroxyl groups is 2. The highest BCUT2D eigenvalue weighted by Gasteiger charge is 2.44. The number of hydrogen-bond acceptors (Lipinski definition) is 9. The minimum atomic E-state index is -1.16. The molecule has 12 heteroatoms. The van der Waals surface area contributed by atoms with Crippen LogP contribution in [0.2, 0.25) is 0 Å². The van der Waals surface area contributed by atoms with Crippen molar-refractivity contribution in [2.45, 2.75) is 76.5 Å². The molecule has 1 aliphatic rings. The molecule has 3 aromatic rings. The SMILES string of the molecule is CCC(CCN(C)C[C@H]1O[C@@H](n2cnc3c(N)ncnc32)[C@H](O)[C@@H]1O)NC(=O)Nc1ccc(C(C)(C)C)cc1. The summed E-state index contributed by atoms with van der Waals surface area (Å²) in [5.74, 6) is 0.231. The zero-order chi connectivity index (χ0) is 28.3. The minimum Gasteiger partial charge on any atom is -0.387 e. The van der Waals surface area contributed by atoms with Gasteiger partial charge in [-0.15, -0.1) is 0 Å². The van der Waals surface area contributed by atoms with E-state index >= 15 is 0 Å². The lowest BCUT2D eigenvalue weighted by Crippen LogP contribution is -2.42. The molecule has 4 rings (SSSR count). The smallest absolute Gasteiger partial charge is 0.319 e. The molecular weight excluding hydrogens is 500 g/mol. The number of fused-ring (bicyclic) bond motifs is 1. The first-order valence-corrected chi connectivity index (χ1v) is 13.3. The van der Waals surface area contributed by atoms with Crippen molar-refractivity contribution < 1.29 is 19.7 Å². The highest BCUT2D eigenvalue weighted by atomic mass is 16.6. The molecule has 12 nitrogen and oxygen atoms in total. The van der Waals surface area contributed by atoms with Crippen molar-refractivity contribution in [3.05, 3.63) is 42.5 Å². The third-order valence-corrected chi connectivity index (χ3v) is 7.19. The lowest BCUT2D eigenvalue weighted by Gasteiger charge is -2.25. The fourth-order valence-corrected chi connectivity index (χ4v) is 4.73. The molecule has 0 aliphatic carbocycles. The minimum absolute atomic E-state index is 0.0310. The Morgan fingerprint density at radius 3 is 2.56 bits per heavy atom. The summed E-state index contributed by atoms with van der Waals surface area (Å²) >= 11 is 0. The first kappa shape index (κ1) is 28.7. The number of imidazole rings is 1. The van der Waals surface area contributed by atoms with Crippen LogP contribution in [-0.2, 0) is 10.2 Å². The Kier molecular flexibility index (Phi) is 8.70. The highest BCUT2D eigenvalue weighted by Crippen LogP contribution is 2.32. The second-order valence-electron chi connectivity index (χ2n) is 11.2. The first-order chi connectivity index (χ1) is 18.5. The van der Waals surface area contributed by atoms with Gasteiger partial charge in [-0.05, 0) is 49.5 Å². The third-order valence-electron chi connectivity index (χ3n) is 7.19. The summed E-state index contributed by atoms with van der Waals surface area (Å²) in [6.07, 6.45) is 0.534. The number of aliphatic hydroxyl groups excluding tert-OH is 2. The van der Waals surface area contributed by atoms with Gasteiger partial charge in [-0.2, -0.15) is 0 Å². The number of benzene rings is 1. The third kappa shape index (κ3) is 6.64. The fraction of sp³-hybridized carbons (Fsp3) is 0.556. The van der Waals surface area contributed by atoms with Crippen molar-refractivity contribution >= 4 is 28.7 Å². The monoisotopic (exact) mass is 540 g/mol. The predicted octanol–water partition coefficient (Wildman–Crippen LogP) is 2.25. The van der Waals surface area contributed by atoms with E-state index in [4.69, 9.17) is 10.5 Å². The number of nitrogens with one attached hydrogen (secondary N) is 2. The molecule has 39 heavy (non-hydrogen) atoms. The molecule has 2 aromatic heterocycles. The van der Waals surface area contributed by atoms with E-state index in [-0.39, 0.29) is 23.3 Å². The number of nitrogens with zero attached hydrogens (tertiary/aromatic N) is 5. The van der Waals surface area contributed by atoms with E-state index in [1.807, 2.05) is 43.1 Å². The van der Waals surface area contributed by atoms with E-state index in [1.165, 1.54) is 18.2 Å². The number of amides is 2. The van der Waals surface area contributed by atoms with Gasteiger partial charge in [-0.1, -0.05) is 39.8 Å². The average molecular weight is 541 g/mol. The van der Waals surface area contributed by atoms with Crippen LogP contribution < -0.4 is 16.4 Å². The van der Waals surface area contributed by atoms with E-state index in [0.29, 0.717) is 30.7 Å². The zero-order valence-corrected chi connectivity index (χ0v) is 23.2. The molecule has 0 saturated carbocycles. The van der Waals surface area contributed by atoms with Crippen LogP contribution in [0.15, 0.2) is 36.9 Å². The van der Waals surface area contributed by atoms with Crippen LogP contribution in [0.3, 0.4) is 0 Å². The number of aromatic nitrogens is 4. The molecule has 1 aromatic carbocycles. The normalized spacial score (nSPS) is 22.4. The largest absolute Gasteiger partial charge is 0.387 e. The summed E-state index contributed by atoms with van der Waals surface area (Å²) < 4.78 is 7.61. The molecular formula is C27H40N8O4. The summed E-state index contributed by atoms with van der Waals surface area (Å²) in [5.41, 5.74) is 8.70. The second kappa shape index (κ2) is 11.8. The van der Waals surface area contributed by atoms with Crippen LogP contribution in [0.4, 0.5) is 16.3 Å². The topological polar surface area (TPSA) is 164 Å². The zero-order valence-electron chi connectivity index (χ0n) is 23.2. The van der Waals surface area contributed by atoms with Crippen molar-refractivity contribution in [1.82, 2.24) is 29.7 Å². The summed E-state index contributed by atoms with van der Waals surface area (Å²) in [6, 6.07) is 7.61. The van der Waals surface area contributed by atoms with Gasteiger partial charge in [0.15, 0.2) is 17.7 Å². The van der Waals surface area contributed by atoms with Crippen molar-refractivity contribution in [2.24, 2.45) is 0 Å². The van der Waals surface area contributed by atoms with Gasteiger partial charge in [0.05, 0.1) is 6.33 Å². The molecule has 2 amide bonds. The maximum absolute atomic E-state index is 12.6. The van der Waals surface area contributed by atoms with Crippen LogP contribution in [-0.4, -0.2) is 85.2 Å². The van der Waals surface area contributed by atoms with E-state index in [9.17, 15) is 15.0 Å². The number of nitrogen functional groups attached to an aromatic ring is 1. The Hall–Kier alpha value is -3.32. The Labute approximate surface area is 228 Å². The van der Waals surface area contributed by atoms with Crippen LogP contribution >= 0.6 is 0 Å². The van der Waals surface area contributed by atoms with Crippen LogP contribution in [0, 0.1) is 0 Å². The van der Waals surface area contributed by atoms with Gasteiger partial charge in [0.25, 0.3) is 0 Å². The average Bonchev–Trinajstić information content (AvgIpc) is 3.43. The maximum atomic E-state index is 12.6. The molecule has 0 radical (unpaired) electrons. The lowest BCUT2D eigenvalue weighted by molar-refractivity contribution is -0.0423. The van der Waals surface area contributed by atoms with Gasteiger partial charge < -0.3 is 36.2 Å². The molecule has 1 aliphatic heterocycles. The summed E-state index contributed by atoms with van der Waals surface area (Å²) in [7, 11) is 1.92. The molecule has 0 spiro atoms. The van der Waals surface area contributed by atoms with Gasteiger partial charge in [0.1, 0.15) is 30.2 Å². The van der Waals surface area contributed by atoms with E-state index in [1.54, 1.807) is 4.57 Å². The number of anilines is 2. The standard InChI is InChI=1S/C27H40N8O4/c1-6-17(32-26(38)33-18-9-7-16(8-10-18)27(2,3)4)11-12-34(5)13-19-21(36)22(37)25(39-19)35-15-31-20-23(28)29-14-30-24(20)35/h7-10,14-15,17,19,21-22,25,36-37H,6,11-13H2,1-5H3,(H2,28,29,30)(H2,32,33,38)/t17?,19-,21-,22-,25-/m1/s1. The number of urea groups is 1. The quantitative estimate of drug-likeness (QED) is 0.274. The van der Waals surface area contributed by atoms with Gasteiger partial charge in [-0.25, -0.2) is 19.7 Å². The van der Waals surface area contributed by atoms with Crippen molar-refractivity contribution in [2.75, 3.05) is 31.2 Å². The molecule has 1 saturated heterocycles. The fourth-order valence-electron chi connectivity index (χ4n) is 4.73. The number of carbonyl (C=O) groups is 1. The first-order valence-electron chi connectivity index (χ1n) is 13.3. The van der Waals surface area contributed by atoms with Crippen LogP contribution in [0.25, 0.3) is 11.2 Å². The number of hydrogen-bond donors (Lipinski definition) is 5. The molecule has 1 unspecified atom stereocenters. The maximum Gasteiger partial charge on any atom is 0.319 e. The van der Waals surface area contributed by atoms with E-state index in [0.717, 1.165) is 12.1 Å². The second-order valence-corrected chi connectivity index (χ2v) is 11.2. The molecule has 0 bridgehead atoms. The van der Waals surface area contributed by atoms with Gasteiger partial charge >= 0.3 is 6.03 Å². The summed E-state index contributed by atoms with van der Waals surface area (Å²) in [5, 5.41) is 27.3. The number of ether oxygens (including phenoxy) is 1. The number of nitrogens with two attached hydrogens (primary N) is 1. The van der Waals surface area contributed by atoms with Gasteiger partial charge in [0, 0.05) is 18.3 Å². The number of carbonyl (C=O) groups excluding carboxylic acids is 1. The Morgan fingerprint density at radius 1 is 1.18 bits per heavy atom. The highest BCUT2D eigenvalue weighted by molar-refractivity contribution is 5.89. The van der Waals surface area contributed by atoms with Crippen molar-refractivity contribution in [3.8, 4) is 0 Å². The Bertz CT molecular complexity index is 1260. The Morgan fingerprint density at radius 2 is 1.90 bits per heavy atom. The predicted molar refractivity (Wildman–Crippen MR) is 149 cm³/mol. The van der Waals surface area contributed by atoms with E-state index < -0.39 is 24.5 Å². The van der Waals surface area contributed by atoms with E-state index in [2.05, 4.69) is 46.4 Å². The molecule has 3 heterocycles. The lowest BCUT2D eigenvalue weighted by atomic mass is 9.87. The number of rotatable bonds is 9. The van der Waals surface area contributed by atoms with Crippen LogP contribution in [0.1, 0.15) is 52.3 Å². The summed E-state index contributed by atoms with van der Waals surface area (Å²) in [4.78, 5) is 27.0. The van der Waals surface area contributed by atoms with Crippen LogP contribution in [0.5, 0.6) is 0 Å². The van der Waals surface area contributed by atoms with Crippen molar-refractivity contribution in [3.63, 3.8) is 0 Å². The van der Waals surface area contributed by atoms with Gasteiger partial charge in [0.2, 0.25) is 0 Å². The summed E-state index contributed by atoms with van der Waals surface area (Å²) in [6.45, 7) is 9.53. The number of likely N-dealkylation sites (N-methyl/N-ethyl adjacent to an activating group) is 1. The molecule has 6 N–H and O–H groups in total.